The maximum absolute atomic E-state index is 2.34. The molecule has 0 aromatic heterocycles. The normalized spacial score (nSPS) is 18.0. The Hall–Kier alpha value is 0.217. The van der Waals surface area contributed by atoms with Gasteiger partial charge in [0.1, 0.15) is 0 Å². The molecule has 0 aromatic carbocycles. The molecule has 0 heterocycles. The number of hydrogen-bond acceptors (Lipinski definition) is 0. The summed E-state index contributed by atoms with van der Waals surface area (Å²) in [6, 6.07) is 0. The topological polar surface area (TPSA) is 0 Å². The summed E-state index contributed by atoms with van der Waals surface area (Å²) in [6.07, 6.45) is 1.33. The van der Waals surface area contributed by atoms with Crippen LogP contribution in [0.3, 0.4) is 0 Å². The lowest BCUT2D eigenvalue weighted by atomic mass is 9.96. The molecule has 0 spiro atoms. The lowest BCUT2D eigenvalue weighted by Gasteiger charge is -2.21. The standard InChI is InChI=1S/C8H19Si/c1-5-7(4)8(9)6(2)3/h6-8H,5,9H2,1-4H3. The van der Waals surface area contributed by atoms with Crippen LogP contribution in [0.15, 0.2) is 0 Å². The van der Waals surface area contributed by atoms with Crippen LogP contribution >= 0.6 is 0 Å². The van der Waals surface area contributed by atoms with Gasteiger partial charge in [0.25, 0.3) is 0 Å². The van der Waals surface area contributed by atoms with Gasteiger partial charge in [0.05, 0.1) is 0 Å². The second-order valence-corrected chi connectivity index (χ2v) is 4.24. The Morgan fingerprint density at radius 2 is 1.67 bits per heavy atom. The first kappa shape index (κ1) is 9.22. The smallest absolute Gasteiger partial charge is 0.0128 e. The Morgan fingerprint density at radius 1 is 1.22 bits per heavy atom. The van der Waals surface area contributed by atoms with E-state index in [-0.39, 0.29) is 0 Å². The van der Waals surface area contributed by atoms with Crippen LogP contribution in [0.1, 0.15) is 34.1 Å². The van der Waals surface area contributed by atoms with E-state index < -0.39 is 0 Å². The summed E-state index contributed by atoms with van der Waals surface area (Å²) in [7, 11) is 2.15. The molecule has 1 heteroatoms. The molecule has 0 nitrogen and oxygen atoms in total. The van der Waals surface area contributed by atoms with Gasteiger partial charge in [-0.05, 0) is 17.4 Å². The molecule has 0 amide bonds. The predicted octanol–water partition coefficient (Wildman–Crippen LogP) is 2.11. The minimum absolute atomic E-state index is 0.860. The van der Waals surface area contributed by atoms with Gasteiger partial charge in [-0.2, -0.15) is 0 Å². The van der Waals surface area contributed by atoms with E-state index in [1.165, 1.54) is 6.42 Å². The van der Waals surface area contributed by atoms with Crippen molar-refractivity contribution >= 4 is 10.2 Å². The minimum Gasteiger partial charge on any atom is -0.0651 e. The van der Waals surface area contributed by atoms with Crippen molar-refractivity contribution in [2.45, 2.75) is 39.7 Å². The van der Waals surface area contributed by atoms with E-state index in [0.717, 1.165) is 17.4 Å². The van der Waals surface area contributed by atoms with Gasteiger partial charge in [0.15, 0.2) is 0 Å². The molecule has 0 saturated heterocycles. The third kappa shape index (κ3) is 3.04. The Balaban J connectivity index is 3.58. The van der Waals surface area contributed by atoms with Crippen LogP contribution in [-0.2, 0) is 0 Å². The maximum atomic E-state index is 2.34. The molecule has 0 aliphatic carbocycles. The molecule has 2 unspecified atom stereocenters. The summed E-state index contributed by atoms with van der Waals surface area (Å²) in [4.78, 5) is 0. The SMILES string of the molecule is CCC(C)C([SiH2])C(C)C. The van der Waals surface area contributed by atoms with Crippen LogP contribution in [0.5, 0.6) is 0 Å². The van der Waals surface area contributed by atoms with E-state index in [2.05, 4.69) is 37.9 Å². The Kier molecular flexibility index (Phi) is 4.20. The van der Waals surface area contributed by atoms with E-state index >= 15 is 0 Å². The molecule has 0 rings (SSSR count). The first-order chi connectivity index (χ1) is 4.09. The fraction of sp³-hybridized carbons (Fsp3) is 1.00. The molecule has 0 aliphatic heterocycles. The highest BCUT2D eigenvalue weighted by atomic mass is 28.1. The van der Waals surface area contributed by atoms with E-state index in [1.807, 2.05) is 0 Å². The molecule has 55 valence electrons. The van der Waals surface area contributed by atoms with Crippen molar-refractivity contribution in [3.05, 3.63) is 0 Å². The third-order valence-electron chi connectivity index (χ3n) is 2.23. The van der Waals surface area contributed by atoms with Gasteiger partial charge in [0.2, 0.25) is 0 Å². The molecule has 2 atom stereocenters. The van der Waals surface area contributed by atoms with Crippen LogP contribution in [0.2, 0.25) is 5.54 Å². The lowest BCUT2D eigenvalue weighted by Crippen LogP contribution is -2.10. The molecular formula is C8H19Si. The maximum Gasteiger partial charge on any atom is 0.0128 e. The highest BCUT2D eigenvalue weighted by Crippen LogP contribution is 2.25. The monoisotopic (exact) mass is 143 g/mol. The van der Waals surface area contributed by atoms with Crippen LogP contribution in [0.4, 0.5) is 0 Å². The van der Waals surface area contributed by atoms with Crippen LogP contribution in [0.25, 0.3) is 0 Å². The molecule has 0 aliphatic rings. The highest BCUT2D eigenvalue weighted by molar-refractivity contribution is 6.11. The summed E-state index contributed by atoms with van der Waals surface area (Å²) >= 11 is 0. The van der Waals surface area contributed by atoms with Crippen molar-refractivity contribution in [1.29, 1.82) is 0 Å². The van der Waals surface area contributed by atoms with Crippen molar-refractivity contribution < 1.29 is 0 Å². The summed E-state index contributed by atoms with van der Waals surface area (Å²) in [5.74, 6) is 1.77. The van der Waals surface area contributed by atoms with Crippen molar-refractivity contribution in [1.82, 2.24) is 0 Å². The summed E-state index contributed by atoms with van der Waals surface area (Å²) < 4.78 is 0. The quantitative estimate of drug-likeness (QED) is 0.531. The van der Waals surface area contributed by atoms with E-state index in [4.69, 9.17) is 0 Å². The third-order valence-corrected chi connectivity index (χ3v) is 3.98. The van der Waals surface area contributed by atoms with Crippen LogP contribution in [0, 0.1) is 11.8 Å². The minimum atomic E-state index is 0.860. The summed E-state index contributed by atoms with van der Waals surface area (Å²) in [5.41, 5.74) is 0.912. The molecule has 0 N–H and O–H groups in total. The molecule has 1 radical (unpaired) electrons. The summed E-state index contributed by atoms with van der Waals surface area (Å²) in [5, 5.41) is 0. The fourth-order valence-corrected chi connectivity index (χ4v) is 1.29. The molecule has 0 fully saturated rings. The fourth-order valence-electron chi connectivity index (χ4n) is 0.960. The second kappa shape index (κ2) is 4.10. The van der Waals surface area contributed by atoms with E-state index in [0.29, 0.717) is 0 Å². The zero-order valence-electron chi connectivity index (χ0n) is 7.15. The van der Waals surface area contributed by atoms with Gasteiger partial charge in [-0.1, -0.05) is 34.1 Å². The molecule has 0 bridgehead atoms. The first-order valence-electron chi connectivity index (χ1n) is 3.92. The van der Waals surface area contributed by atoms with Crippen molar-refractivity contribution in [2.24, 2.45) is 11.8 Å². The molecule has 9 heavy (non-hydrogen) atoms. The van der Waals surface area contributed by atoms with Crippen molar-refractivity contribution in [3.63, 3.8) is 0 Å². The van der Waals surface area contributed by atoms with Crippen LogP contribution in [-0.4, -0.2) is 10.2 Å². The molecular weight excluding hydrogens is 124 g/mol. The van der Waals surface area contributed by atoms with Crippen LogP contribution < -0.4 is 0 Å². The van der Waals surface area contributed by atoms with Gasteiger partial charge < -0.3 is 0 Å². The first-order valence-corrected chi connectivity index (χ1v) is 4.74. The highest BCUT2D eigenvalue weighted by Gasteiger charge is 2.12. The van der Waals surface area contributed by atoms with Gasteiger partial charge >= 0.3 is 0 Å². The van der Waals surface area contributed by atoms with E-state index in [9.17, 15) is 0 Å². The van der Waals surface area contributed by atoms with Crippen molar-refractivity contribution in [3.8, 4) is 0 Å². The van der Waals surface area contributed by atoms with Crippen molar-refractivity contribution in [2.75, 3.05) is 0 Å². The zero-order valence-corrected chi connectivity index (χ0v) is 8.56. The zero-order chi connectivity index (χ0) is 7.44. The Bertz CT molecular complexity index is 69.0. The Morgan fingerprint density at radius 3 is 1.78 bits per heavy atom. The van der Waals surface area contributed by atoms with Gasteiger partial charge in [-0.3, -0.25) is 0 Å². The van der Waals surface area contributed by atoms with Gasteiger partial charge in [-0.15, -0.1) is 0 Å². The average Bonchev–Trinajstić information content (AvgIpc) is 1.84. The predicted molar refractivity (Wildman–Crippen MR) is 46.6 cm³/mol. The van der Waals surface area contributed by atoms with Gasteiger partial charge in [0, 0.05) is 10.2 Å². The number of rotatable bonds is 3. The molecule has 0 aromatic rings. The average molecular weight is 143 g/mol. The van der Waals surface area contributed by atoms with Gasteiger partial charge in [-0.25, -0.2) is 0 Å². The number of hydrogen-bond donors (Lipinski definition) is 0. The molecule has 0 saturated carbocycles. The van der Waals surface area contributed by atoms with E-state index in [1.54, 1.807) is 0 Å². The largest absolute Gasteiger partial charge is 0.0651 e. The second-order valence-electron chi connectivity index (χ2n) is 3.29. The lowest BCUT2D eigenvalue weighted by molar-refractivity contribution is 0.429. The summed E-state index contributed by atoms with van der Waals surface area (Å²) in [6.45, 7) is 9.24. The Labute approximate surface area is 62.5 Å².